The van der Waals surface area contributed by atoms with Crippen molar-refractivity contribution in [3.8, 4) is 0 Å². The third-order valence-corrected chi connectivity index (χ3v) is 4.74. The van der Waals surface area contributed by atoms with Crippen LogP contribution in [0, 0.1) is 11.8 Å². The number of carbonyl (C=O) groups excluding carboxylic acids is 1. The van der Waals surface area contributed by atoms with Crippen LogP contribution in [0.2, 0.25) is 0 Å². The van der Waals surface area contributed by atoms with E-state index >= 15 is 0 Å². The van der Waals surface area contributed by atoms with E-state index in [-0.39, 0.29) is 6.03 Å². The van der Waals surface area contributed by atoms with Crippen LogP contribution in [0.4, 0.5) is 4.79 Å². The van der Waals surface area contributed by atoms with Gasteiger partial charge in [-0.05, 0) is 43.9 Å². The number of hydrogen-bond acceptors (Lipinski definition) is 2. The van der Waals surface area contributed by atoms with Gasteiger partial charge in [-0.25, -0.2) is 4.79 Å². The first-order valence-corrected chi connectivity index (χ1v) is 7.03. The van der Waals surface area contributed by atoms with E-state index in [0.29, 0.717) is 12.0 Å². The number of nitrogens with two attached hydrogens (primary N) is 1. The van der Waals surface area contributed by atoms with Crippen LogP contribution < -0.4 is 5.73 Å². The molecule has 1 aliphatic carbocycles. The van der Waals surface area contributed by atoms with Gasteiger partial charge in [-0.15, -0.1) is 0 Å². The molecule has 2 amide bonds. The molecule has 0 aromatic rings. The molecule has 1 saturated carbocycles. The van der Waals surface area contributed by atoms with Crippen molar-refractivity contribution in [2.75, 3.05) is 26.2 Å². The van der Waals surface area contributed by atoms with Crippen molar-refractivity contribution in [3.63, 3.8) is 0 Å². The molecule has 0 aromatic heterocycles. The van der Waals surface area contributed by atoms with Crippen molar-refractivity contribution >= 4 is 6.03 Å². The molecule has 0 aromatic carbocycles. The lowest BCUT2D eigenvalue weighted by molar-refractivity contribution is 0.170. The van der Waals surface area contributed by atoms with Gasteiger partial charge in [-0.2, -0.15) is 0 Å². The lowest BCUT2D eigenvalue weighted by Gasteiger charge is -2.27. The summed E-state index contributed by atoms with van der Waals surface area (Å²) in [7, 11) is 0. The smallest absolute Gasteiger partial charge is 0.320 e. The summed E-state index contributed by atoms with van der Waals surface area (Å²) in [5, 5.41) is 0. The third-order valence-electron chi connectivity index (χ3n) is 4.74. The molecule has 0 radical (unpaired) electrons. The zero-order chi connectivity index (χ0) is 11.8. The van der Waals surface area contributed by atoms with E-state index in [1.807, 2.05) is 4.90 Å². The van der Waals surface area contributed by atoms with Gasteiger partial charge in [0.25, 0.3) is 0 Å². The SMILES string of the molecule is NC1CC[C@@H]2CN(C(=O)N3CCCC3)C[C@@H]2C1. The van der Waals surface area contributed by atoms with E-state index in [2.05, 4.69) is 4.90 Å². The van der Waals surface area contributed by atoms with Crippen LogP contribution in [0.5, 0.6) is 0 Å². The van der Waals surface area contributed by atoms with E-state index < -0.39 is 0 Å². The molecule has 17 heavy (non-hydrogen) atoms. The first-order valence-electron chi connectivity index (χ1n) is 7.03. The fraction of sp³-hybridized carbons (Fsp3) is 0.923. The molecule has 96 valence electrons. The van der Waals surface area contributed by atoms with Gasteiger partial charge >= 0.3 is 6.03 Å². The average molecular weight is 237 g/mol. The van der Waals surface area contributed by atoms with Crippen molar-refractivity contribution in [1.82, 2.24) is 9.80 Å². The highest BCUT2D eigenvalue weighted by molar-refractivity contribution is 5.75. The van der Waals surface area contributed by atoms with Crippen LogP contribution in [0.15, 0.2) is 0 Å². The Hall–Kier alpha value is -0.770. The van der Waals surface area contributed by atoms with Gasteiger partial charge in [0.15, 0.2) is 0 Å². The summed E-state index contributed by atoms with van der Waals surface area (Å²) in [5.41, 5.74) is 6.02. The topological polar surface area (TPSA) is 49.6 Å². The fourth-order valence-corrected chi connectivity index (χ4v) is 3.73. The molecule has 2 N–H and O–H groups in total. The Balaban J connectivity index is 1.61. The van der Waals surface area contributed by atoms with Gasteiger partial charge in [-0.1, -0.05) is 0 Å². The van der Waals surface area contributed by atoms with E-state index in [0.717, 1.165) is 44.9 Å². The van der Waals surface area contributed by atoms with Gasteiger partial charge in [0.1, 0.15) is 0 Å². The normalized spacial score (nSPS) is 37.4. The first-order chi connectivity index (χ1) is 8.24. The summed E-state index contributed by atoms with van der Waals surface area (Å²) in [6.07, 6.45) is 5.84. The molecule has 2 heterocycles. The molecule has 0 spiro atoms. The van der Waals surface area contributed by atoms with Crippen LogP contribution >= 0.6 is 0 Å². The monoisotopic (exact) mass is 237 g/mol. The van der Waals surface area contributed by atoms with E-state index in [1.54, 1.807) is 0 Å². The number of urea groups is 1. The highest BCUT2D eigenvalue weighted by Gasteiger charge is 2.39. The van der Waals surface area contributed by atoms with Crippen LogP contribution in [0.1, 0.15) is 32.1 Å². The Morgan fingerprint density at radius 3 is 2.47 bits per heavy atom. The average Bonchev–Trinajstić information content (AvgIpc) is 2.96. The highest BCUT2D eigenvalue weighted by Crippen LogP contribution is 2.36. The minimum Gasteiger partial charge on any atom is -0.328 e. The summed E-state index contributed by atoms with van der Waals surface area (Å²) < 4.78 is 0. The molecule has 2 aliphatic heterocycles. The number of rotatable bonds is 0. The van der Waals surface area contributed by atoms with Gasteiger partial charge < -0.3 is 15.5 Å². The zero-order valence-corrected chi connectivity index (χ0v) is 10.5. The summed E-state index contributed by atoms with van der Waals surface area (Å²) >= 11 is 0. The summed E-state index contributed by atoms with van der Waals surface area (Å²) in [4.78, 5) is 16.4. The summed E-state index contributed by atoms with van der Waals surface area (Å²) in [5.74, 6) is 1.40. The second kappa shape index (κ2) is 4.48. The first kappa shape index (κ1) is 11.3. The third kappa shape index (κ3) is 2.15. The Morgan fingerprint density at radius 2 is 1.71 bits per heavy atom. The van der Waals surface area contributed by atoms with Gasteiger partial charge in [0.2, 0.25) is 0 Å². The number of fused-ring (bicyclic) bond motifs is 1. The Kier molecular flexibility index (Phi) is 2.99. The van der Waals surface area contributed by atoms with Crippen LogP contribution in [0.25, 0.3) is 0 Å². The number of nitrogens with zero attached hydrogens (tertiary/aromatic N) is 2. The number of carbonyl (C=O) groups is 1. The molecule has 4 heteroatoms. The van der Waals surface area contributed by atoms with Crippen molar-refractivity contribution in [1.29, 1.82) is 0 Å². The predicted molar refractivity (Wildman–Crippen MR) is 66.6 cm³/mol. The largest absolute Gasteiger partial charge is 0.328 e. The minimum atomic E-state index is 0.283. The van der Waals surface area contributed by atoms with Gasteiger partial charge in [-0.3, -0.25) is 0 Å². The molecule has 3 rings (SSSR count). The molecule has 3 aliphatic rings. The standard InChI is InChI=1S/C13H23N3O/c14-12-4-3-10-8-16(9-11(10)7-12)13(17)15-5-1-2-6-15/h10-12H,1-9,14H2/t10-,11+,12?/m1/s1. The predicted octanol–water partition coefficient (Wildman–Crippen LogP) is 1.26. The molecular weight excluding hydrogens is 214 g/mol. The van der Waals surface area contributed by atoms with Crippen molar-refractivity contribution < 1.29 is 4.79 Å². The molecule has 3 atom stereocenters. The molecule has 2 saturated heterocycles. The molecule has 0 bridgehead atoms. The van der Waals surface area contributed by atoms with Crippen LogP contribution in [-0.4, -0.2) is 48.1 Å². The van der Waals surface area contributed by atoms with Crippen molar-refractivity contribution in [3.05, 3.63) is 0 Å². The van der Waals surface area contributed by atoms with Crippen molar-refractivity contribution in [2.24, 2.45) is 17.6 Å². The number of hydrogen-bond donors (Lipinski definition) is 1. The molecule has 3 fully saturated rings. The Morgan fingerprint density at radius 1 is 1.00 bits per heavy atom. The van der Waals surface area contributed by atoms with E-state index in [9.17, 15) is 4.79 Å². The Bertz CT molecular complexity index is 301. The summed E-state index contributed by atoms with van der Waals surface area (Å²) in [6, 6.07) is 0.656. The van der Waals surface area contributed by atoms with E-state index in [1.165, 1.54) is 19.3 Å². The van der Waals surface area contributed by atoms with Crippen LogP contribution in [0.3, 0.4) is 0 Å². The maximum atomic E-state index is 12.3. The van der Waals surface area contributed by atoms with Crippen molar-refractivity contribution in [2.45, 2.75) is 38.1 Å². The van der Waals surface area contributed by atoms with Gasteiger partial charge in [0.05, 0.1) is 0 Å². The lowest BCUT2D eigenvalue weighted by atomic mass is 9.79. The molecular formula is C13H23N3O. The number of amides is 2. The maximum Gasteiger partial charge on any atom is 0.320 e. The number of likely N-dealkylation sites (tertiary alicyclic amines) is 2. The van der Waals surface area contributed by atoms with Gasteiger partial charge in [0, 0.05) is 32.2 Å². The lowest BCUT2D eigenvalue weighted by Crippen LogP contribution is -2.40. The minimum absolute atomic E-state index is 0.283. The summed E-state index contributed by atoms with van der Waals surface area (Å²) in [6.45, 7) is 3.86. The zero-order valence-electron chi connectivity index (χ0n) is 10.5. The second-order valence-electron chi connectivity index (χ2n) is 5.98. The Labute approximate surface area is 103 Å². The molecule has 1 unspecified atom stereocenters. The van der Waals surface area contributed by atoms with E-state index in [4.69, 9.17) is 5.73 Å². The maximum absolute atomic E-state index is 12.3. The second-order valence-corrected chi connectivity index (χ2v) is 5.98. The van der Waals surface area contributed by atoms with Crippen LogP contribution in [-0.2, 0) is 0 Å². The quantitative estimate of drug-likeness (QED) is 0.689. The molecule has 4 nitrogen and oxygen atoms in total. The fourth-order valence-electron chi connectivity index (χ4n) is 3.73. The highest BCUT2D eigenvalue weighted by atomic mass is 16.2.